The van der Waals surface area contributed by atoms with E-state index in [0.717, 1.165) is 12.2 Å². The molecule has 0 N–H and O–H groups in total. The van der Waals surface area contributed by atoms with E-state index < -0.39 is 0 Å². The fourth-order valence-corrected chi connectivity index (χ4v) is 2.11. The number of aryl methyl sites for hydroxylation is 1. The zero-order valence-electron chi connectivity index (χ0n) is 5.63. The molecule has 0 saturated carbocycles. The summed E-state index contributed by atoms with van der Waals surface area (Å²) in [6.07, 6.45) is 6.00. The van der Waals surface area contributed by atoms with Crippen LogP contribution in [0.25, 0.3) is 0 Å². The van der Waals surface area contributed by atoms with E-state index in [4.69, 9.17) is 0 Å². The van der Waals surface area contributed by atoms with E-state index in [1.54, 1.807) is 0 Å². The molecular formula is C8H8NS. The van der Waals surface area contributed by atoms with E-state index in [0.29, 0.717) is 0 Å². The molecule has 0 atom stereocenters. The fraction of sp³-hybridized carbons (Fsp3) is 0.375. The van der Waals surface area contributed by atoms with Crippen LogP contribution >= 0.6 is 11.8 Å². The Balaban J connectivity index is 2.41. The number of pyridine rings is 1. The SMILES string of the molecule is [c]1nccc2c1CCSC2. The first-order chi connectivity index (χ1) is 4.97. The number of hydrogen-bond acceptors (Lipinski definition) is 2. The van der Waals surface area contributed by atoms with Crippen molar-refractivity contribution in [3.8, 4) is 0 Å². The van der Waals surface area contributed by atoms with E-state index in [9.17, 15) is 0 Å². The maximum absolute atomic E-state index is 3.96. The number of fused-ring (bicyclic) bond motifs is 1. The molecule has 0 bridgehead atoms. The molecule has 1 aliphatic heterocycles. The summed E-state index contributed by atoms with van der Waals surface area (Å²) in [5, 5.41) is 0. The molecule has 10 heavy (non-hydrogen) atoms. The number of rotatable bonds is 0. The Morgan fingerprint density at radius 1 is 1.60 bits per heavy atom. The molecule has 0 aromatic carbocycles. The Hall–Kier alpha value is -0.500. The zero-order chi connectivity index (χ0) is 6.81. The molecular weight excluding hydrogens is 142 g/mol. The number of nitrogens with zero attached hydrogens (tertiary/aromatic N) is 1. The average molecular weight is 150 g/mol. The van der Waals surface area contributed by atoms with E-state index in [2.05, 4.69) is 17.2 Å². The summed E-state index contributed by atoms with van der Waals surface area (Å²) >= 11 is 1.99. The highest BCUT2D eigenvalue weighted by molar-refractivity contribution is 7.98. The monoisotopic (exact) mass is 150 g/mol. The van der Waals surface area contributed by atoms with Crippen molar-refractivity contribution in [3.63, 3.8) is 0 Å². The van der Waals surface area contributed by atoms with Gasteiger partial charge in [0.1, 0.15) is 0 Å². The van der Waals surface area contributed by atoms with Gasteiger partial charge in [-0.2, -0.15) is 11.8 Å². The smallest absolute Gasteiger partial charge is 0.0924 e. The second kappa shape index (κ2) is 2.62. The van der Waals surface area contributed by atoms with Gasteiger partial charge in [0.2, 0.25) is 0 Å². The summed E-state index contributed by atoms with van der Waals surface area (Å²) in [6, 6.07) is 2.10. The minimum Gasteiger partial charge on any atom is -0.254 e. The van der Waals surface area contributed by atoms with Gasteiger partial charge in [-0.05, 0) is 29.4 Å². The van der Waals surface area contributed by atoms with Crippen LogP contribution in [0.5, 0.6) is 0 Å². The lowest BCUT2D eigenvalue weighted by Crippen LogP contribution is -2.02. The minimum absolute atomic E-state index is 1.15. The quantitative estimate of drug-likeness (QED) is 0.558. The lowest BCUT2D eigenvalue weighted by molar-refractivity contribution is 1.04. The molecule has 0 unspecified atom stereocenters. The summed E-state index contributed by atoms with van der Waals surface area (Å²) in [5.74, 6) is 2.38. The maximum Gasteiger partial charge on any atom is 0.0924 e. The van der Waals surface area contributed by atoms with E-state index in [1.807, 2.05) is 18.0 Å². The van der Waals surface area contributed by atoms with Gasteiger partial charge in [-0.15, -0.1) is 0 Å². The molecule has 0 saturated heterocycles. The molecule has 1 nitrogen and oxygen atoms in total. The second-order valence-corrected chi connectivity index (χ2v) is 3.47. The lowest BCUT2D eigenvalue weighted by Gasteiger charge is -2.12. The van der Waals surface area contributed by atoms with Crippen molar-refractivity contribution in [1.82, 2.24) is 4.98 Å². The van der Waals surface area contributed by atoms with Gasteiger partial charge in [0.05, 0.1) is 6.20 Å². The molecule has 1 aromatic heterocycles. The lowest BCUT2D eigenvalue weighted by atomic mass is 10.1. The third kappa shape index (κ3) is 1.03. The molecule has 0 aliphatic carbocycles. The largest absolute Gasteiger partial charge is 0.254 e. The predicted octanol–water partition coefficient (Wildman–Crippen LogP) is 1.67. The molecule has 0 fully saturated rings. The van der Waals surface area contributed by atoms with Gasteiger partial charge in [-0.1, -0.05) is 0 Å². The van der Waals surface area contributed by atoms with Crippen LogP contribution in [0.4, 0.5) is 0 Å². The number of hydrogen-bond donors (Lipinski definition) is 0. The van der Waals surface area contributed by atoms with Crippen molar-refractivity contribution < 1.29 is 0 Å². The van der Waals surface area contributed by atoms with E-state index >= 15 is 0 Å². The van der Waals surface area contributed by atoms with Crippen LogP contribution in [0.1, 0.15) is 11.1 Å². The summed E-state index contributed by atoms with van der Waals surface area (Å²) in [7, 11) is 0. The van der Waals surface area contributed by atoms with Crippen LogP contribution in [0.15, 0.2) is 12.3 Å². The second-order valence-electron chi connectivity index (χ2n) is 2.36. The minimum atomic E-state index is 1.15. The van der Waals surface area contributed by atoms with Gasteiger partial charge in [0, 0.05) is 11.9 Å². The Morgan fingerprint density at radius 3 is 3.50 bits per heavy atom. The predicted molar refractivity (Wildman–Crippen MR) is 42.9 cm³/mol. The maximum atomic E-state index is 3.96. The molecule has 2 heteroatoms. The summed E-state index contributed by atoms with van der Waals surface area (Å²) < 4.78 is 0. The molecule has 2 heterocycles. The van der Waals surface area contributed by atoms with Crippen LogP contribution < -0.4 is 0 Å². The van der Waals surface area contributed by atoms with Crippen LogP contribution in [-0.2, 0) is 12.2 Å². The van der Waals surface area contributed by atoms with Gasteiger partial charge in [0.25, 0.3) is 0 Å². The molecule has 1 radical (unpaired) electrons. The Bertz CT molecular complexity index is 209. The number of aromatic nitrogens is 1. The van der Waals surface area contributed by atoms with Crippen LogP contribution in [0.3, 0.4) is 0 Å². The van der Waals surface area contributed by atoms with Crippen molar-refractivity contribution in [2.45, 2.75) is 12.2 Å². The first-order valence-corrected chi connectivity index (χ1v) is 4.54. The standard InChI is InChI=1S/C8H8NS/c1-3-9-5-7-2-4-10-6-8(1)7/h1,3H,2,4,6H2. The zero-order valence-corrected chi connectivity index (χ0v) is 6.45. The van der Waals surface area contributed by atoms with Crippen LogP contribution in [0, 0.1) is 6.20 Å². The third-order valence-corrected chi connectivity index (χ3v) is 2.70. The fourth-order valence-electron chi connectivity index (χ4n) is 1.12. The molecule has 2 rings (SSSR count). The van der Waals surface area contributed by atoms with Gasteiger partial charge in [-0.25, -0.2) is 0 Å². The Morgan fingerprint density at radius 2 is 2.60 bits per heavy atom. The average Bonchev–Trinajstić information content (AvgIpc) is 2.05. The highest BCUT2D eigenvalue weighted by Gasteiger charge is 2.07. The van der Waals surface area contributed by atoms with Crippen molar-refractivity contribution in [2.24, 2.45) is 0 Å². The van der Waals surface area contributed by atoms with Crippen molar-refractivity contribution >= 4 is 11.8 Å². The molecule has 1 aliphatic rings. The Labute approximate surface area is 64.9 Å². The van der Waals surface area contributed by atoms with Gasteiger partial charge in [-0.3, -0.25) is 4.98 Å². The normalized spacial score (nSPS) is 16.4. The van der Waals surface area contributed by atoms with E-state index in [-0.39, 0.29) is 0 Å². The van der Waals surface area contributed by atoms with Crippen molar-refractivity contribution in [3.05, 3.63) is 29.6 Å². The molecule has 0 amide bonds. The first kappa shape index (κ1) is 6.23. The van der Waals surface area contributed by atoms with Crippen LogP contribution in [0.2, 0.25) is 0 Å². The van der Waals surface area contributed by atoms with Gasteiger partial charge < -0.3 is 0 Å². The first-order valence-electron chi connectivity index (χ1n) is 3.39. The van der Waals surface area contributed by atoms with Gasteiger partial charge in [0.15, 0.2) is 0 Å². The van der Waals surface area contributed by atoms with Gasteiger partial charge >= 0.3 is 0 Å². The molecule has 51 valence electrons. The summed E-state index contributed by atoms with van der Waals surface area (Å²) in [6.45, 7) is 0. The van der Waals surface area contributed by atoms with Crippen LogP contribution in [-0.4, -0.2) is 10.7 Å². The molecule has 1 aromatic rings. The highest BCUT2D eigenvalue weighted by atomic mass is 32.2. The van der Waals surface area contributed by atoms with Crippen molar-refractivity contribution in [2.75, 3.05) is 5.75 Å². The highest BCUT2D eigenvalue weighted by Crippen LogP contribution is 2.22. The summed E-state index contributed by atoms with van der Waals surface area (Å²) in [4.78, 5) is 3.96. The third-order valence-electron chi connectivity index (χ3n) is 1.69. The van der Waals surface area contributed by atoms with Crippen molar-refractivity contribution in [1.29, 1.82) is 0 Å². The topological polar surface area (TPSA) is 12.9 Å². The van der Waals surface area contributed by atoms with E-state index in [1.165, 1.54) is 16.9 Å². The Kier molecular flexibility index (Phi) is 1.63. The summed E-state index contributed by atoms with van der Waals surface area (Å²) in [5.41, 5.74) is 2.74. The number of thioether (sulfide) groups is 1. The molecule has 0 spiro atoms.